The van der Waals surface area contributed by atoms with E-state index >= 15 is 0 Å². The van der Waals surface area contributed by atoms with Gasteiger partial charge >= 0.3 is 5.97 Å². The van der Waals surface area contributed by atoms with Crippen molar-refractivity contribution < 1.29 is 18.7 Å². The molecule has 4 nitrogen and oxygen atoms in total. The maximum absolute atomic E-state index is 13.1. The van der Waals surface area contributed by atoms with Gasteiger partial charge in [-0.2, -0.15) is 0 Å². The molecule has 1 amide bonds. The van der Waals surface area contributed by atoms with Gasteiger partial charge in [0.1, 0.15) is 5.82 Å². The number of hydrogen-bond donors (Lipinski definition) is 1. The van der Waals surface area contributed by atoms with Crippen LogP contribution in [0.3, 0.4) is 0 Å². The normalized spacial score (nSPS) is 12.1. The molecule has 0 radical (unpaired) electrons. The Morgan fingerprint density at radius 1 is 1.32 bits per heavy atom. The molecule has 0 saturated carbocycles. The summed E-state index contributed by atoms with van der Waals surface area (Å²) in [7, 11) is 0. The Kier molecular flexibility index (Phi) is 5.47. The predicted octanol–water partition coefficient (Wildman–Crippen LogP) is 2.66. The number of benzene rings is 1. The first kappa shape index (κ1) is 15.6. The van der Waals surface area contributed by atoms with Crippen LogP contribution < -0.4 is 5.32 Å². The fourth-order valence-corrected chi connectivity index (χ4v) is 1.74. The highest BCUT2D eigenvalue weighted by Gasteiger charge is 2.21. The number of carbonyl (C=O) groups excluding carboxylic acids is 2. The Morgan fingerprint density at radius 2 is 1.95 bits per heavy atom. The number of carbonyl (C=O) groups is 2. The Bertz CT molecular complexity index is 491. The summed E-state index contributed by atoms with van der Waals surface area (Å²) in [6.45, 7) is 5.06. The molecule has 104 valence electrons. The zero-order chi connectivity index (χ0) is 14.6. The zero-order valence-electron chi connectivity index (χ0n) is 10.9. The predicted molar refractivity (Wildman–Crippen MR) is 72.3 cm³/mol. The molecule has 1 rings (SSSR count). The van der Waals surface area contributed by atoms with Gasteiger partial charge in [-0.25, -0.2) is 9.18 Å². The third kappa shape index (κ3) is 4.63. The lowest BCUT2D eigenvalue weighted by molar-refractivity contribution is -0.129. The van der Waals surface area contributed by atoms with Crippen LogP contribution in [0.5, 0.6) is 0 Å². The smallest absolute Gasteiger partial charge is 0.340 e. The molecule has 0 aliphatic heterocycles. The first-order valence-corrected chi connectivity index (χ1v) is 6.57. The van der Waals surface area contributed by atoms with E-state index in [9.17, 15) is 14.0 Å². The van der Waals surface area contributed by atoms with Crippen LogP contribution in [0.4, 0.5) is 4.39 Å². The molecular formula is C13H15BrFNO3. The molecule has 0 fully saturated rings. The van der Waals surface area contributed by atoms with Crippen LogP contribution in [0.2, 0.25) is 0 Å². The number of amides is 1. The van der Waals surface area contributed by atoms with Gasteiger partial charge < -0.3 is 10.1 Å². The van der Waals surface area contributed by atoms with Crippen molar-refractivity contribution in [1.29, 1.82) is 0 Å². The molecule has 1 aromatic carbocycles. The third-order valence-corrected chi connectivity index (χ3v) is 2.92. The Balaban J connectivity index is 2.74. The van der Waals surface area contributed by atoms with E-state index < -0.39 is 23.8 Å². The zero-order valence-corrected chi connectivity index (χ0v) is 12.5. The SMILES string of the molecule is CC(C)NC(=O)[C@H](C)OC(=O)c1cc(F)ccc1Br. The molecule has 1 atom stereocenters. The van der Waals surface area contributed by atoms with E-state index in [1.54, 1.807) is 13.8 Å². The highest BCUT2D eigenvalue weighted by molar-refractivity contribution is 9.10. The van der Waals surface area contributed by atoms with Gasteiger partial charge in [-0.05, 0) is 54.9 Å². The second-order valence-electron chi connectivity index (χ2n) is 4.33. The lowest BCUT2D eigenvalue weighted by Crippen LogP contribution is -2.39. The lowest BCUT2D eigenvalue weighted by Gasteiger charge is -2.15. The molecule has 0 heterocycles. The Labute approximate surface area is 119 Å². The van der Waals surface area contributed by atoms with E-state index in [4.69, 9.17) is 4.74 Å². The van der Waals surface area contributed by atoms with Crippen molar-refractivity contribution in [1.82, 2.24) is 5.32 Å². The molecule has 6 heteroatoms. The summed E-state index contributed by atoms with van der Waals surface area (Å²) in [5.74, 6) is -1.69. The van der Waals surface area contributed by atoms with Crippen molar-refractivity contribution in [2.75, 3.05) is 0 Å². The van der Waals surface area contributed by atoms with Crippen LogP contribution in [0.15, 0.2) is 22.7 Å². The van der Waals surface area contributed by atoms with E-state index in [-0.39, 0.29) is 11.6 Å². The van der Waals surface area contributed by atoms with E-state index in [1.807, 2.05) is 0 Å². The van der Waals surface area contributed by atoms with Gasteiger partial charge in [-0.15, -0.1) is 0 Å². The number of nitrogens with one attached hydrogen (secondary N) is 1. The van der Waals surface area contributed by atoms with E-state index in [2.05, 4.69) is 21.2 Å². The van der Waals surface area contributed by atoms with Gasteiger partial charge in [0.2, 0.25) is 0 Å². The van der Waals surface area contributed by atoms with Crippen molar-refractivity contribution in [3.05, 3.63) is 34.1 Å². The first-order valence-electron chi connectivity index (χ1n) is 5.77. The van der Waals surface area contributed by atoms with Gasteiger partial charge in [0, 0.05) is 10.5 Å². The van der Waals surface area contributed by atoms with Crippen molar-refractivity contribution in [2.45, 2.75) is 32.9 Å². The van der Waals surface area contributed by atoms with Crippen LogP contribution in [0.25, 0.3) is 0 Å². The number of rotatable bonds is 4. The van der Waals surface area contributed by atoms with Crippen LogP contribution in [0, 0.1) is 5.82 Å². The van der Waals surface area contributed by atoms with Gasteiger partial charge in [-0.1, -0.05) is 0 Å². The van der Waals surface area contributed by atoms with Crippen LogP contribution in [0.1, 0.15) is 31.1 Å². The van der Waals surface area contributed by atoms with Gasteiger partial charge in [0.15, 0.2) is 6.10 Å². The van der Waals surface area contributed by atoms with Gasteiger partial charge in [0.05, 0.1) is 5.56 Å². The van der Waals surface area contributed by atoms with E-state index in [0.717, 1.165) is 6.07 Å². The largest absolute Gasteiger partial charge is 0.449 e. The minimum atomic E-state index is -0.940. The molecule has 1 aromatic rings. The summed E-state index contributed by atoms with van der Waals surface area (Å²) in [5.41, 5.74) is 0.0456. The molecule has 0 spiro atoms. The van der Waals surface area contributed by atoms with Crippen molar-refractivity contribution in [3.8, 4) is 0 Å². The molecular weight excluding hydrogens is 317 g/mol. The summed E-state index contributed by atoms with van der Waals surface area (Å²) in [6.07, 6.45) is -0.940. The van der Waals surface area contributed by atoms with E-state index in [1.165, 1.54) is 19.1 Å². The first-order chi connectivity index (χ1) is 8.81. The second kappa shape index (κ2) is 6.65. The number of esters is 1. The molecule has 0 bridgehead atoms. The number of ether oxygens (including phenoxy) is 1. The third-order valence-electron chi connectivity index (χ3n) is 2.23. The number of halogens is 2. The van der Waals surface area contributed by atoms with Crippen LogP contribution in [-0.2, 0) is 9.53 Å². The summed E-state index contributed by atoms with van der Waals surface area (Å²) in [5, 5.41) is 2.62. The van der Waals surface area contributed by atoms with Crippen molar-refractivity contribution in [3.63, 3.8) is 0 Å². The van der Waals surface area contributed by atoms with E-state index in [0.29, 0.717) is 4.47 Å². The molecule has 19 heavy (non-hydrogen) atoms. The molecule has 0 aliphatic carbocycles. The average molecular weight is 332 g/mol. The average Bonchev–Trinajstić information content (AvgIpc) is 2.31. The summed E-state index contributed by atoms with van der Waals surface area (Å²) in [6, 6.07) is 3.63. The summed E-state index contributed by atoms with van der Waals surface area (Å²) < 4.78 is 18.5. The van der Waals surface area contributed by atoms with Crippen molar-refractivity contribution in [2.24, 2.45) is 0 Å². The fourth-order valence-electron chi connectivity index (χ4n) is 1.33. The Hall–Kier alpha value is -1.43. The monoisotopic (exact) mass is 331 g/mol. The quantitative estimate of drug-likeness (QED) is 0.863. The maximum Gasteiger partial charge on any atom is 0.340 e. The van der Waals surface area contributed by atoms with Gasteiger partial charge in [0.25, 0.3) is 5.91 Å². The van der Waals surface area contributed by atoms with Crippen LogP contribution in [-0.4, -0.2) is 24.0 Å². The number of hydrogen-bond acceptors (Lipinski definition) is 3. The lowest BCUT2D eigenvalue weighted by atomic mass is 10.2. The molecule has 0 unspecified atom stereocenters. The van der Waals surface area contributed by atoms with Crippen molar-refractivity contribution >= 4 is 27.8 Å². The molecule has 0 saturated heterocycles. The topological polar surface area (TPSA) is 55.4 Å². The standard InChI is InChI=1S/C13H15BrFNO3/c1-7(2)16-12(17)8(3)19-13(18)10-6-9(15)4-5-11(10)14/h4-8H,1-3H3,(H,16,17)/t8-/m0/s1. The minimum Gasteiger partial charge on any atom is -0.449 e. The summed E-state index contributed by atoms with van der Waals surface area (Å²) in [4.78, 5) is 23.4. The minimum absolute atomic E-state index is 0.0456. The maximum atomic E-state index is 13.1. The molecule has 0 aromatic heterocycles. The molecule has 1 N–H and O–H groups in total. The van der Waals surface area contributed by atoms with Crippen LogP contribution >= 0.6 is 15.9 Å². The molecule has 0 aliphatic rings. The fraction of sp³-hybridized carbons (Fsp3) is 0.385. The second-order valence-corrected chi connectivity index (χ2v) is 5.19. The Morgan fingerprint density at radius 3 is 2.53 bits per heavy atom. The highest BCUT2D eigenvalue weighted by Crippen LogP contribution is 2.19. The van der Waals surface area contributed by atoms with Gasteiger partial charge in [-0.3, -0.25) is 4.79 Å². The highest BCUT2D eigenvalue weighted by atomic mass is 79.9. The summed E-state index contributed by atoms with van der Waals surface area (Å²) >= 11 is 3.13.